The van der Waals surface area contributed by atoms with Crippen LogP contribution in [0.1, 0.15) is 56.7 Å². The van der Waals surface area contributed by atoms with E-state index in [9.17, 15) is 14.9 Å². The summed E-state index contributed by atoms with van der Waals surface area (Å²) >= 11 is 0. The number of hydrogen-bond donors (Lipinski definition) is 2. The van der Waals surface area contributed by atoms with Crippen LogP contribution in [-0.2, 0) is 7.05 Å². The fraction of sp³-hybridized carbons (Fsp3) is 0.733. The first-order valence-electron chi connectivity index (χ1n) is 7.70. The largest absolute Gasteiger partial charge is 0.348 e. The molecule has 0 saturated carbocycles. The zero-order valence-electron chi connectivity index (χ0n) is 14.6. The SMILES string of the molecule is Cc1c([N+](=O)[O-])c(C(=O)NC2CC(C)(C)NC(C)(C)C2)nn1C. The van der Waals surface area contributed by atoms with Gasteiger partial charge in [0.15, 0.2) is 0 Å². The molecule has 2 rings (SSSR count). The number of aryl methyl sites for hydroxylation is 1. The standard InChI is InChI=1S/C15H25N5O3/c1-9-12(20(22)23)11(17-19(9)6)13(21)16-10-7-14(2,3)18-15(4,5)8-10/h10,18H,7-8H2,1-6H3,(H,16,21). The molecular weight excluding hydrogens is 298 g/mol. The van der Waals surface area contributed by atoms with Crippen LogP contribution in [0.3, 0.4) is 0 Å². The van der Waals surface area contributed by atoms with Gasteiger partial charge in [0.1, 0.15) is 5.69 Å². The van der Waals surface area contributed by atoms with E-state index >= 15 is 0 Å². The van der Waals surface area contributed by atoms with E-state index in [-0.39, 0.29) is 28.5 Å². The van der Waals surface area contributed by atoms with E-state index in [1.165, 1.54) is 4.68 Å². The molecule has 2 N–H and O–H groups in total. The van der Waals surface area contributed by atoms with Crippen molar-refractivity contribution >= 4 is 11.6 Å². The Labute approximate surface area is 135 Å². The zero-order valence-corrected chi connectivity index (χ0v) is 14.6. The summed E-state index contributed by atoms with van der Waals surface area (Å²) in [5.74, 6) is -0.487. The van der Waals surface area contributed by atoms with Crippen molar-refractivity contribution in [1.29, 1.82) is 0 Å². The maximum atomic E-state index is 12.5. The van der Waals surface area contributed by atoms with Crippen molar-refractivity contribution in [2.45, 2.75) is 64.6 Å². The minimum Gasteiger partial charge on any atom is -0.348 e. The number of nitrogens with one attached hydrogen (secondary N) is 2. The monoisotopic (exact) mass is 323 g/mol. The predicted octanol–water partition coefficient (Wildman–Crippen LogP) is 1.68. The molecule has 0 aromatic carbocycles. The first-order chi connectivity index (χ1) is 10.4. The molecule has 1 amide bonds. The number of rotatable bonds is 3. The maximum Gasteiger partial charge on any atom is 0.322 e. The van der Waals surface area contributed by atoms with Gasteiger partial charge >= 0.3 is 5.69 Å². The van der Waals surface area contributed by atoms with E-state index in [4.69, 9.17) is 0 Å². The maximum absolute atomic E-state index is 12.5. The molecule has 8 heteroatoms. The van der Waals surface area contributed by atoms with Crippen LogP contribution in [0.4, 0.5) is 5.69 Å². The lowest BCUT2D eigenvalue weighted by Gasteiger charge is -2.46. The Morgan fingerprint density at radius 3 is 2.35 bits per heavy atom. The summed E-state index contributed by atoms with van der Waals surface area (Å²) in [6.07, 6.45) is 1.50. The fourth-order valence-electron chi connectivity index (χ4n) is 3.65. The van der Waals surface area contributed by atoms with E-state index in [0.29, 0.717) is 5.69 Å². The Bertz CT molecular complexity index is 632. The van der Waals surface area contributed by atoms with Crippen LogP contribution in [0, 0.1) is 17.0 Å². The van der Waals surface area contributed by atoms with E-state index < -0.39 is 10.8 Å². The summed E-state index contributed by atoms with van der Waals surface area (Å²) < 4.78 is 1.36. The molecule has 0 unspecified atom stereocenters. The summed E-state index contributed by atoms with van der Waals surface area (Å²) in [5, 5.41) is 21.7. The highest BCUT2D eigenvalue weighted by Crippen LogP contribution is 2.29. The van der Waals surface area contributed by atoms with Crippen molar-refractivity contribution in [2.75, 3.05) is 0 Å². The number of carbonyl (C=O) groups excluding carboxylic acids is 1. The van der Waals surface area contributed by atoms with Gasteiger partial charge in [0.25, 0.3) is 5.91 Å². The van der Waals surface area contributed by atoms with Gasteiger partial charge in [-0.3, -0.25) is 19.6 Å². The molecule has 128 valence electrons. The van der Waals surface area contributed by atoms with Crippen LogP contribution >= 0.6 is 0 Å². The third kappa shape index (κ3) is 3.69. The number of piperidine rings is 1. The van der Waals surface area contributed by atoms with Crippen LogP contribution in [0.2, 0.25) is 0 Å². The molecule has 1 aliphatic rings. The van der Waals surface area contributed by atoms with Crippen LogP contribution in [0.25, 0.3) is 0 Å². The normalized spacial score (nSPS) is 20.3. The number of nitro groups is 1. The third-order valence-electron chi connectivity index (χ3n) is 4.23. The Morgan fingerprint density at radius 1 is 1.35 bits per heavy atom. The predicted molar refractivity (Wildman–Crippen MR) is 86.4 cm³/mol. The van der Waals surface area contributed by atoms with Crippen molar-refractivity contribution in [3.05, 3.63) is 21.5 Å². The van der Waals surface area contributed by atoms with E-state index in [2.05, 4.69) is 43.4 Å². The van der Waals surface area contributed by atoms with E-state index in [0.717, 1.165) is 12.8 Å². The van der Waals surface area contributed by atoms with Gasteiger partial charge in [-0.05, 0) is 47.5 Å². The third-order valence-corrected chi connectivity index (χ3v) is 4.23. The second-order valence-corrected chi connectivity index (χ2v) is 7.63. The van der Waals surface area contributed by atoms with Crippen LogP contribution < -0.4 is 10.6 Å². The Morgan fingerprint density at radius 2 is 1.87 bits per heavy atom. The second-order valence-electron chi connectivity index (χ2n) is 7.63. The van der Waals surface area contributed by atoms with Crippen molar-refractivity contribution in [3.63, 3.8) is 0 Å². The van der Waals surface area contributed by atoms with Gasteiger partial charge in [-0.25, -0.2) is 0 Å². The molecule has 0 atom stereocenters. The molecule has 0 aliphatic carbocycles. The lowest BCUT2D eigenvalue weighted by atomic mass is 9.79. The van der Waals surface area contributed by atoms with E-state index in [1.807, 2.05) is 0 Å². The van der Waals surface area contributed by atoms with Gasteiger partial charge in [0, 0.05) is 24.2 Å². The molecule has 0 radical (unpaired) electrons. The number of aromatic nitrogens is 2. The quantitative estimate of drug-likeness (QED) is 0.651. The Hall–Kier alpha value is -1.96. The summed E-state index contributed by atoms with van der Waals surface area (Å²) in [4.78, 5) is 23.2. The summed E-state index contributed by atoms with van der Waals surface area (Å²) in [6.45, 7) is 9.92. The molecule has 1 aromatic heterocycles. The lowest BCUT2D eigenvalue weighted by Crippen LogP contribution is -2.62. The van der Waals surface area contributed by atoms with Gasteiger partial charge in [-0.2, -0.15) is 5.10 Å². The zero-order chi connectivity index (χ0) is 17.6. The van der Waals surface area contributed by atoms with Crippen molar-refractivity contribution < 1.29 is 9.72 Å². The van der Waals surface area contributed by atoms with Gasteiger partial charge in [-0.15, -0.1) is 0 Å². The molecule has 23 heavy (non-hydrogen) atoms. The van der Waals surface area contributed by atoms with Crippen molar-refractivity contribution in [2.24, 2.45) is 7.05 Å². The lowest BCUT2D eigenvalue weighted by molar-refractivity contribution is -0.385. The van der Waals surface area contributed by atoms with Gasteiger partial charge in [0.2, 0.25) is 5.69 Å². The average Bonchev–Trinajstić information content (AvgIpc) is 2.61. The van der Waals surface area contributed by atoms with Gasteiger partial charge in [0.05, 0.1) is 4.92 Å². The highest BCUT2D eigenvalue weighted by Gasteiger charge is 2.39. The Kier molecular flexibility index (Phi) is 4.23. The van der Waals surface area contributed by atoms with E-state index in [1.54, 1.807) is 14.0 Å². The van der Waals surface area contributed by atoms with Gasteiger partial charge < -0.3 is 10.6 Å². The average molecular weight is 323 g/mol. The first-order valence-corrected chi connectivity index (χ1v) is 7.70. The molecule has 0 bridgehead atoms. The van der Waals surface area contributed by atoms with Crippen molar-refractivity contribution in [1.82, 2.24) is 20.4 Å². The summed E-state index contributed by atoms with van der Waals surface area (Å²) in [5.41, 5.74) is -0.218. The molecule has 0 spiro atoms. The first kappa shape index (κ1) is 17.4. The van der Waals surface area contributed by atoms with Crippen LogP contribution in [0.15, 0.2) is 0 Å². The van der Waals surface area contributed by atoms with Crippen LogP contribution in [0.5, 0.6) is 0 Å². The highest BCUT2D eigenvalue weighted by molar-refractivity contribution is 5.96. The smallest absolute Gasteiger partial charge is 0.322 e. The fourth-order valence-corrected chi connectivity index (χ4v) is 3.65. The van der Waals surface area contributed by atoms with Crippen LogP contribution in [-0.4, -0.2) is 37.7 Å². The number of carbonyl (C=O) groups is 1. The molecule has 1 fully saturated rings. The minimum absolute atomic E-state index is 0.0596. The number of hydrogen-bond acceptors (Lipinski definition) is 5. The Balaban J connectivity index is 2.23. The number of amides is 1. The molecule has 2 heterocycles. The number of nitrogens with zero attached hydrogens (tertiary/aromatic N) is 3. The molecule has 8 nitrogen and oxygen atoms in total. The highest BCUT2D eigenvalue weighted by atomic mass is 16.6. The van der Waals surface area contributed by atoms with Gasteiger partial charge in [-0.1, -0.05) is 0 Å². The summed E-state index contributed by atoms with van der Waals surface area (Å²) in [6, 6.07) is -0.0596. The molecular formula is C15H25N5O3. The molecule has 1 aromatic rings. The minimum atomic E-state index is -0.548. The topological polar surface area (TPSA) is 102 Å². The molecule has 1 saturated heterocycles. The molecule has 1 aliphatic heterocycles. The van der Waals surface area contributed by atoms with Crippen molar-refractivity contribution in [3.8, 4) is 0 Å². The summed E-state index contributed by atoms with van der Waals surface area (Å²) in [7, 11) is 1.59. The second kappa shape index (κ2) is 5.59.